The highest BCUT2D eigenvalue weighted by Crippen LogP contribution is 2.32. The number of hydrogen-bond acceptors (Lipinski definition) is 5. The molecule has 2 amide bonds. The number of aryl methyl sites for hydroxylation is 1. The first-order chi connectivity index (χ1) is 16.4. The molecule has 4 aromatic rings. The van der Waals surface area contributed by atoms with Gasteiger partial charge in [0.15, 0.2) is 5.82 Å². The van der Waals surface area contributed by atoms with Gasteiger partial charge in [0.1, 0.15) is 23.0 Å². The number of likely N-dealkylation sites (tertiary alicyclic amines) is 1. The molecule has 34 heavy (non-hydrogen) atoms. The van der Waals surface area contributed by atoms with Gasteiger partial charge < -0.3 is 25.1 Å². The average molecular weight is 464 g/mol. The van der Waals surface area contributed by atoms with Crippen molar-refractivity contribution in [2.75, 3.05) is 18.9 Å². The number of fused-ring (bicyclic) bond motifs is 3. The van der Waals surface area contributed by atoms with Crippen molar-refractivity contribution in [3.8, 4) is 11.3 Å². The molecule has 0 aliphatic carbocycles. The third kappa shape index (κ3) is 3.74. The minimum Gasteiger partial charge on any atom is -0.371 e. The number of pyridine rings is 1. The van der Waals surface area contributed by atoms with Gasteiger partial charge in [-0.25, -0.2) is 14.4 Å². The monoisotopic (exact) mass is 463 g/mol. The lowest BCUT2D eigenvalue weighted by atomic mass is 10.1. The molecule has 1 aliphatic rings. The van der Waals surface area contributed by atoms with E-state index in [1.54, 1.807) is 18.3 Å². The first-order valence-electron chi connectivity index (χ1n) is 11.2. The second-order valence-electron chi connectivity index (χ2n) is 8.64. The number of nitrogens with zero attached hydrogens (tertiary/aromatic N) is 4. The quantitative estimate of drug-likeness (QED) is 0.422. The van der Waals surface area contributed by atoms with E-state index < -0.39 is 11.9 Å². The van der Waals surface area contributed by atoms with Crippen molar-refractivity contribution in [2.45, 2.75) is 32.4 Å². The van der Waals surface area contributed by atoms with Gasteiger partial charge in [0.25, 0.3) is 0 Å². The lowest BCUT2D eigenvalue weighted by Crippen LogP contribution is -2.44. The summed E-state index contributed by atoms with van der Waals surface area (Å²) < 4.78 is 16.5. The molecule has 10 heteroatoms. The fraction of sp³-hybridized carbons (Fsp3) is 0.333. The van der Waals surface area contributed by atoms with Crippen LogP contribution in [-0.4, -0.2) is 55.9 Å². The number of imidazole rings is 1. The Bertz CT molecular complexity index is 1420. The van der Waals surface area contributed by atoms with Crippen molar-refractivity contribution >= 4 is 39.7 Å². The summed E-state index contributed by atoms with van der Waals surface area (Å²) in [5.74, 6) is -0.0690. The summed E-state index contributed by atoms with van der Waals surface area (Å²) in [5, 5.41) is 6.81. The smallest absolute Gasteiger partial charge is 0.243 e. The van der Waals surface area contributed by atoms with E-state index in [4.69, 9.17) is 0 Å². The van der Waals surface area contributed by atoms with Gasteiger partial charge in [0.2, 0.25) is 11.8 Å². The van der Waals surface area contributed by atoms with Gasteiger partial charge in [-0.15, -0.1) is 0 Å². The van der Waals surface area contributed by atoms with Crippen molar-refractivity contribution in [1.82, 2.24) is 29.7 Å². The Morgan fingerprint density at radius 2 is 2.09 bits per heavy atom. The molecule has 0 radical (unpaired) electrons. The summed E-state index contributed by atoms with van der Waals surface area (Å²) in [6.45, 7) is 2.23. The predicted molar refractivity (Wildman–Crippen MR) is 128 cm³/mol. The predicted octanol–water partition coefficient (Wildman–Crippen LogP) is 2.92. The molecule has 0 bridgehead atoms. The van der Waals surface area contributed by atoms with E-state index in [-0.39, 0.29) is 18.4 Å². The number of halogens is 1. The van der Waals surface area contributed by atoms with Gasteiger partial charge in [0, 0.05) is 50.8 Å². The normalized spacial score (nSPS) is 15.9. The number of rotatable bonds is 5. The number of amides is 2. The van der Waals surface area contributed by atoms with Gasteiger partial charge in [0.05, 0.1) is 11.8 Å². The molecule has 5 rings (SSSR count). The maximum Gasteiger partial charge on any atom is 0.243 e. The van der Waals surface area contributed by atoms with Crippen LogP contribution in [0.25, 0.3) is 33.3 Å². The topological polar surface area (TPSA) is 108 Å². The van der Waals surface area contributed by atoms with Crippen LogP contribution in [0, 0.1) is 5.82 Å². The zero-order chi connectivity index (χ0) is 24.0. The molecular formula is C24H26FN7O2. The Hall–Kier alpha value is -3.95. The van der Waals surface area contributed by atoms with E-state index in [0.29, 0.717) is 41.3 Å². The Labute approximate surface area is 195 Å². The maximum absolute atomic E-state index is 14.5. The number of nitrogens with one attached hydrogen (secondary N) is 3. The summed E-state index contributed by atoms with van der Waals surface area (Å²) in [4.78, 5) is 38.4. The SMILES string of the molecule is CNc1nc2[nH]c(-c3cc(F)cc(CNC(=O)[C@@H]4CCCN4C(C)=O)c3)cc2c2c1ncn2C. The zero-order valence-corrected chi connectivity index (χ0v) is 19.3. The van der Waals surface area contributed by atoms with E-state index in [9.17, 15) is 14.0 Å². The molecule has 9 nitrogen and oxygen atoms in total. The fourth-order valence-corrected chi connectivity index (χ4v) is 4.76. The Kier molecular flexibility index (Phi) is 5.43. The molecule has 176 valence electrons. The zero-order valence-electron chi connectivity index (χ0n) is 19.3. The lowest BCUT2D eigenvalue weighted by Gasteiger charge is -2.22. The molecule has 0 saturated carbocycles. The second-order valence-corrected chi connectivity index (χ2v) is 8.64. The van der Waals surface area contributed by atoms with E-state index in [0.717, 1.165) is 22.8 Å². The highest BCUT2D eigenvalue weighted by Gasteiger charge is 2.32. The minimum absolute atomic E-state index is 0.109. The van der Waals surface area contributed by atoms with Crippen molar-refractivity contribution in [3.63, 3.8) is 0 Å². The summed E-state index contributed by atoms with van der Waals surface area (Å²) >= 11 is 0. The Balaban J connectivity index is 1.44. The minimum atomic E-state index is -0.465. The van der Waals surface area contributed by atoms with Gasteiger partial charge in [-0.3, -0.25) is 9.59 Å². The molecule has 1 fully saturated rings. The summed E-state index contributed by atoms with van der Waals surface area (Å²) in [6, 6.07) is 6.16. The summed E-state index contributed by atoms with van der Waals surface area (Å²) in [5.41, 5.74) is 4.34. The molecular weight excluding hydrogens is 437 g/mol. The second kappa shape index (κ2) is 8.44. The number of carbonyl (C=O) groups is 2. The number of aromatic nitrogens is 4. The highest BCUT2D eigenvalue weighted by atomic mass is 19.1. The number of anilines is 1. The van der Waals surface area contributed by atoms with Crippen LogP contribution in [0.1, 0.15) is 25.3 Å². The van der Waals surface area contributed by atoms with E-state index in [2.05, 4.69) is 25.6 Å². The maximum atomic E-state index is 14.5. The first-order valence-corrected chi connectivity index (χ1v) is 11.2. The standard InChI is InChI=1S/C24H26FN7O2/c1-13(33)32-6-4-5-19(32)24(34)27-11-14-7-15(9-16(25)8-14)18-10-17-21-20(28-12-31(21)3)23(26-2)30-22(17)29-18/h7-10,12,19H,4-6,11H2,1-3H3,(H,27,34)(H2,26,29,30)/t19-/m0/s1. The molecule has 0 spiro atoms. The fourth-order valence-electron chi connectivity index (χ4n) is 4.76. The third-order valence-corrected chi connectivity index (χ3v) is 6.37. The largest absolute Gasteiger partial charge is 0.371 e. The van der Waals surface area contributed by atoms with Gasteiger partial charge in [-0.2, -0.15) is 0 Å². The average Bonchev–Trinajstić information content (AvgIpc) is 3.54. The van der Waals surface area contributed by atoms with Crippen LogP contribution < -0.4 is 10.6 Å². The molecule has 4 heterocycles. The lowest BCUT2D eigenvalue weighted by molar-refractivity contribution is -0.136. The van der Waals surface area contributed by atoms with Gasteiger partial charge >= 0.3 is 0 Å². The number of hydrogen-bond donors (Lipinski definition) is 3. The highest BCUT2D eigenvalue weighted by molar-refractivity contribution is 6.07. The summed E-state index contributed by atoms with van der Waals surface area (Å²) in [6.07, 6.45) is 3.17. The van der Waals surface area contributed by atoms with Gasteiger partial charge in [-0.05, 0) is 42.7 Å². The van der Waals surface area contributed by atoms with Crippen molar-refractivity contribution < 1.29 is 14.0 Å². The number of carbonyl (C=O) groups excluding carboxylic acids is 2. The molecule has 3 aromatic heterocycles. The Morgan fingerprint density at radius 1 is 1.26 bits per heavy atom. The van der Waals surface area contributed by atoms with Gasteiger partial charge in [-0.1, -0.05) is 0 Å². The van der Waals surface area contributed by atoms with Crippen molar-refractivity contribution in [3.05, 3.63) is 42.0 Å². The van der Waals surface area contributed by atoms with Crippen LogP contribution in [0.3, 0.4) is 0 Å². The molecule has 1 aromatic carbocycles. The van der Waals surface area contributed by atoms with Crippen LogP contribution in [0.15, 0.2) is 30.6 Å². The number of aromatic amines is 1. The van der Waals surface area contributed by atoms with E-state index >= 15 is 0 Å². The van der Waals surface area contributed by atoms with Crippen LogP contribution in [0.4, 0.5) is 10.2 Å². The third-order valence-electron chi connectivity index (χ3n) is 6.37. The molecule has 1 atom stereocenters. The van der Waals surface area contributed by atoms with Crippen LogP contribution in [0.2, 0.25) is 0 Å². The van der Waals surface area contributed by atoms with Crippen LogP contribution in [-0.2, 0) is 23.2 Å². The van der Waals surface area contributed by atoms with E-state index in [1.807, 2.05) is 23.7 Å². The Morgan fingerprint density at radius 3 is 2.85 bits per heavy atom. The molecule has 1 aliphatic heterocycles. The van der Waals surface area contributed by atoms with E-state index in [1.165, 1.54) is 19.1 Å². The number of benzene rings is 1. The molecule has 0 unspecified atom stereocenters. The molecule has 1 saturated heterocycles. The van der Waals surface area contributed by atoms with Crippen LogP contribution in [0.5, 0.6) is 0 Å². The van der Waals surface area contributed by atoms with Crippen molar-refractivity contribution in [2.24, 2.45) is 7.05 Å². The molecule has 3 N–H and O–H groups in total. The van der Waals surface area contributed by atoms with Crippen LogP contribution >= 0.6 is 0 Å². The van der Waals surface area contributed by atoms with Crippen molar-refractivity contribution in [1.29, 1.82) is 0 Å². The number of H-pyrrole nitrogens is 1. The summed E-state index contributed by atoms with van der Waals surface area (Å²) in [7, 11) is 3.71. The first kappa shape index (κ1) is 21.9.